The number of rotatable bonds is 1. The van der Waals surface area contributed by atoms with Gasteiger partial charge in [0.15, 0.2) is 12.1 Å². The van der Waals surface area contributed by atoms with E-state index in [1.165, 1.54) is 0 Å². The highest BCUT2D eigenvalue weighted by molar-refractivity contribution is 5.88. The van der Waals surface area contributed by atoms with Gasteiger partial charge in [-0.25, -0.2) is 14.9 Å². The minimum absolute atomic E-state index is 0.0983. The summed E-state index contributed by atoms with van der Waals surface area (Å²) in [5.41, 5.74) is 5.84. The lowest BCUT2D eigenvalue weighted by molar-refractivity contribution is -0.116. The summed E-state index contributed by atoms with van der Waals surface area (Å²) in [6, 6.07) is 0. The molecular formula is C13H30N6. The SMILES string of the molecule is CN1C(N)N=C(C(C)(C)C)NC1(C)N(N)C(C)(C)C. The maximum absolute atomic E-state index is 6.34. The Morgan fingerprint density at radius 1 is 1.26 bits per heavy atom. The predicted molar refractivity (Wildman–Crippen MR) is 79.9 cm³/mol. The van der Waals surface area contributed by atoms with E-state index in [-0.39, 0.29) is 11.0 Å². The molecule has 0 saturated carbocycles. The van der Waals surface area contributed by atoms with Crippen LogP contribution < -0.4 is 16.9 Å². The highest BCUT2D eigenvalue weighted by Crippen LogP contribution is 2.28. The lowest BCUT2D eigenvalue weighted by Gasteiger charge is -2.54. The highest BCUT2D eigenvalue weighted by atomic mass is 15.7. The molecule has 0 amide bonds. The Labute approximate surface area is 117 Å². The number of nitrogens with zero attached hydrogens (tertiary/aromatic N) is 3. The van der Waals surface area contributed by atoms with Gasteiger partial charge in [-0.2, -0.15) is 0 Å². The van der Waals surface area contributed by atoms with E-state index in [1.54, 1.807) is 5.01 Å². The molecule has 5 N–H and O–H groups in total. The topological polar surface area (TPSA) is 82.9 Å². The van der Waals surface area contributed by atoms with Crippen molar-refractivity contribution in [3.8, 4) is 0 Å². The average molecular weight is 270 g/mol. The van der Waals surface area contributed by atoms with E-state index in [2.05, 4.69) is 51.9 Å². The largest absolute Gasteiger partial charge is 0.342 e. The predicted octanol–water partition coefficient (Wildman–Crippen LogP) is 0.856. The Kier molecular flexibility index (Phi) is 4.05. The van der Waals surface area contributed by atoms with Crippen LogP contribution in [0.2, 0.25) is 0 Å². The highest BCUT2D eigenvalue weighted by Gasteiger charge is 2.46. The Morgan fingerprint density at radius 2 is 1.74 bits per heavy atom. The van der Waals surface area contributed by atoms with Crippen LogP contribution in [0.5, 0.6) is 0 Å². The summed E-state index contributed by atoms with van der Waals surface area (Å²) < 4.78 is 0. The molecule has 2 unspecified atom stereocenters. The van der Waals surface area contributed by atoms with Crippen molar-refractivity contribution in [3.63, 3.8) is 0 Å². The molecule has 6 heteroatoms. The van der Waals surface area contributed by atoms with Crippen molar-refractivity contribution < 1.29 is 0 Å². The summed E-state index contributed by atoms with van der Waals surface area (Å²) in [6.07, 6.45) is -0.408. The third-order valence-corrected chi connectivity index (χ3v) is 3.60. The normalized spacial score (nSPS) is 30.3. The van der Waals surface area contributed by atoms with E-state index >= 15 is 0 Å². The van der Waals surface area contributed by atoms with Gasteiger partial charge in [-0.1, -0.05) is 20.8 Å². The molecule has 1 aliphatic rings. The standard InChI is InChI=1S/C13H30N6/c1-11(2,3)9-16-10(14)18(8)13(7,17-9)19(15)12(4,5)6/h10H,14-15H2,1-8H3,(H,16,17). The third-order valence-electron chi connectivity index (χ3n) is 3.60. The number of hydrogen-bond donors (Lipinski definition) is 3. The van der Waals surface area contributed by atoms with Crippen molar-refractivity contribution in [2.24, 2.45) is 22.0 Å². The van der Waals surface area contributed by atoms with Gasteiger partial charge in [0.25, 0.3) is 0 Å². The number of amidine groups is 1. The first kappa shape index (κ1) is 16.4. The quantitative estimate of drug-likeness (QED) is 0.486. The fourth-order valence-electron chi connectivity index (χ4n) is 2.09. The molecule has 1 heterocycles. The Balaban J connectivity index is 3.19. The zero-order chi connectivity index (χ0) is 15.2. The van der Waals surface area contributed by atoms with Crippen LogP contribution in [0.3, 0.4) is 0 Å². The summed E-state index contributed by atoms with van der Waals surface area (Å²) in [5.74, 6) is 6.63. The van der Waals surface area contributed by atoms with Gasteiger partial charge in [0.05, 0.1) is 0 Å². The molecule has 0 saturated heterocycles. The fraction of sp³-hybridized carbons (Fsp3) is 0.923. The third kappa shape index (κ3) is 3.08. The van der Waals surface area contributed by atoms with Gasteiger partial charge >= 0.3 is 0 Å². The van der Waals surface area contributed by atoms with Gasteiger partial charge in [-0.15, -0.1) is 0 Å². The summed E-state index contributed by atoms with van der Waals surface area (Å²) in [4.78, 5) is 6.46. The molecule has 0 fully saturated rings. The van der Waals surface area contributed by atoms with E-state index in [9.17, 15) is 0 Å². The number of hydrogen-bond acceptors (Lipinski definition) is 6. The maximum Gasteiger partial charge on any atom is 0.162 e. The van der Waals surface area contributed by atoms with Gasteiger partial charge < -0.3 is 5.32 Å². The molecule has 1 aliphatic heterocycles. The van der Waals surface area contributed by atoms with Crippen molar-refractivity contribution in [2.75, 3.05) is 7.05 Å². The van der Waals surface area contributed by atoms with Crippen LogP contribution in [0, 0.1) is 5.41 Å². The Hall–Kier alpha value is -0.690. The molecule has 1 rings (SSSR count). The number of hydrazine groups is 1. The van der Waals surface area contributed by atoms with Crippen LogP contribution in [0.4, 0.5) is 0 Å². The lowest BCUT2D eigenvalue weighted by atomic mass is 9.93. The van der Waals surface area contributed by atoms with Crippen molar-refractivity contribution >= 4 is 5.84 Å². The van der Waals surface area contributed by atoms with Gasteiger partial charge in [0.2, 0.25) is 0 Å². The Bertz CT molecular complexity index is 364. The fourth-order valence-corrected chi connectivity index (χ4v) is 2.09. The zero-order valence-corrected chi connectivity index (χ0v) is 13.6. The summed E-state index contributed by atoms with van der Waals surface area (Å²) >= 11 is 0. The average Bonchev–Trinajstić information content (AvgIpc) is 2.21. The molecule has 0 aromatic carbocycles. The molecule has 0 aromatic heterocycles. The lowest BCUT2D eigenvalue weighted by Crippen LogP contribution is -2.78. The molecule has 2 atom stereocenters. The van der Waals surface area contributed by atoms with E-state index < -0.39 is 12.1 Å². The second-order valence-electron chi connectivity index (χ2n) is 7.44. The number of aliphatic imine (C=N–C) groups is 1. The van der Waals surface area contributed by atoms with E-state index in [4.69, 9.17) is 11.6 Å². The molecule has 0 bridgehead atoms. The van der Waals surface area contributed by atoms with Gasteiger partial charge in [-0.05, 0) is 34.7 Å². The van der Waals surface area contributed by atoms with Crippen LogP contribution in [0.25, 0.3) is 0 Å². The van der Waals surface area contributed by atoms with Crippen molar-refractivity contribution in [1.82, 2.24) is 15.2 Å². The first-order chi connectivity index (χ1) is 8.30. The van der Waals surface area contributed by atoms with Crippen LogP contribution in [0.1, 0.15) is 48.5 Å². The molecule has 0 radical (unpaired) electrons. The van der Waals surface area contributed by atoms with E-state index in [0.717, 1.165) is 5.84 Å². The van der Waals surface area contributed by atoms with E-state index in [1.807, 2.05) is 18.9 Å². The Morgan fingerprint density at radius 3 is 2.11 bits per heavy atom. The number of nitrogens with one attached hydrogen (secondary N) is 1. The molecule has 19 heavy (non-hydrogen) atoms. The smallest absolute Gasteiger partial charge is 0.162 e. The summed E-state index contributed by atoms with van der Waals surface area (Å²) in [5, 5.41) is 5.25. The molecular weight excluding hydrogens is 240 g/mol. The minimum atomic E-state index is -0.581. The van der Waals surface area contributed by atoms with Crippen LogP contribution >= 0.6 is 0 Å². The maximum atomic E-state index is 6.34. The molecule has 112 valence electrons. The first-order valence-electron chi connectivity index (χ1n) is 6.70. The second kappa shape index (κ2) is 4.70. The van der Waals surface area contributed by atoms with Crippen molar-refractivity contribution in [2.45, 2.75) is 66.1 Å². The second-order valence-corrected chi connectivity index (χ2v) is 7.44. The van der Waals surface area contributed by atoms with Gasteiger partial charge in [-0.3, -0.25) is 11.6 Å². The summed E-state index contributed by atoms with van der Waals surface area (Å²) in [7, 11) is 1.92. The minimum Gasteiger partial charge on any atom is -0.342 e. The van der Waals surface area contributed by atoms with Crippen LogP contribution in [-0.4, -0.2) is 40.4 Å². The van der Waals surface area contributed by atoms with Gasteiger partial charge in [0.1, 0.15) is 5.84 Å². The summed E-state index contributed by atoms with van der Waals surface area (Å²) in [6.45, 7) is 14.6. The first-order valence-corrected chi connectivity index (χ1v) is 6.70. The van der Waals surface area contributed by atoms with Gasteiger partial charge in [0, 0.05) is 11.0 Å². The zero-order valence-electron chi connectivity index (χ0n) is 13.6. The molecule has 0 aliphatic carbocycles. The van der Waals surface area contributed by atoms with Crippen molar-refractivity contribution in [3.05, 3.63) is 0 Å². The molecule has 0 spiro atoms. The molecule has 0 aromatic rings. The van der Waals surface area contributed by atoms with Crippen LogP contribution in [0.15, 0.2) is 4.99 Å². The molecule has 6 nitrogen and oxygen atoms in total. The van der Waals surface area contributed by atoms with Crippen LogP contribution in [-0.2, 0) is 0 Å². The number of nitrogens with two attached hydrogens (primary N) is 2. The monoisotopic (exact) mass is 270 g/mol. The van der Waals surface area contributed by atoms with Crippen molar-refractivity contribution in [1.29, 1.82) is 0 Å². The van der Waals surface area contributed by atoms with E-state index in [0.29, 0.717) is 0 Å².